The van der Waals surface area contributed by atoms with Crippen LogP contribution >= 0.6 is 0 Å². The number of aromatic hydroxyl groups is 1. The summed E-state index contributed by atoms with van der Waals surface area (Å²) in [7, 11) is 0. The number of fused-ring (bicyclic) bond motifs is 1. The minimum Gasteiger partial charge on any atom is -0.507 e. The lowest BCUT2D eigenvalue weighted by Crippen LogP contribution is -2.58. The van der Waals surface area contributed by atoms with E-state index in [1.807, 2.05) is 16.8 Å². The molecule has 1 aliphatic heterocycles. The molecule has 0 atom stereocenters. The highest BCUT2D eigenvalue weighted by molar-refractivity contribution is 5.80. The number of aromatic nitrogens is 7. The number of aromatic amines is 1. The van der Waals surface area contributed by atoms with E-state index in [0.717, 1.165) is 12.8 Å². The number of hydrogen-bond acceptors (Lipinski definition) is 8. The molecule has 10 heteroatoms. The van der Waals surface area contributed by atoms with Crippen molar-refractivity contribution >= 4 is 11.2 Å². The van der Waals surface area contributed by atoms with Gasteiger partial charge in [-0.3, -0.25) is 5.10 Å². The van der Waals surface area contributed by atoms with Crippen LogP contribution in [0, 0.1) is 11.3 Å². The van der Waals surface area contributed by atoms with Crippen LogP contribution < -0.4 is 5.32 Å². The summed E-state index contributed by atoms with van der Waals surface area (Å²) in [5, 5.41) is 47.7. The zero-order valence-electron chi connectivity index (χ0n) is 19.0. The third-order valence-corrected chi connectivity index (χ3v) is 6.07. The molecular formula is C23H25N9O. The molecule has 4 heterocycles. The number of rotatable bonds is 3. The maximum absolute atomic E-state index is 10.7. The van der Waals surface area contributed by atoms with Crippen LogP contribution in [0.5, 0.6) is 5.75 Å². The maximum atomic E-state index is 10.7. The first-order valence-electron chi connectivity index (χ1n) is 10.8. The van der Waals surface area contributed by atoms with Crippen molar-refractivity contribution in [2.24, 2.45) is 0 Å². The molecule has 5 rings (SSSR count). The highest BCUT2D eigenvalue weighted by atomic mass is 16.3. The Hall–Kier alpha value is -3.84. The highest BCUT2D eigenvalue weighted by Crippen LogP contribution is 2.37. The smallest absolute Gasteiger partial charge is 0.201 e. The quantitative estimate of drug-likeness (QED) is 0.438. The predicted molar refractivity (Wildman–Crippen MR) is 122 cm³/mol. The zero-order chi connectivity index (χ0) is 23.4. The number of phenols is 1. The third kappa shape index (κ3) is 3.81. The van der Waals surface area contributed by atoms with E-state index in [9.17, 15) is 10.4 Å². The van der Waals surface area contributed by atoms with Gasteiger partial charge in [-0.2, -0.15) is 10.4 Å². The molecule has 1 fully saturated rings. The molecule has 10 nitrogen and oxygen atoms in total. The molecule has 0 radical (unpaired) electrons. The Morgan fingerprint density at radius 1 is 1.06 bits per heavy atom. The number of nitrogens with one attached hydrogen (secondary N) is 2. The van der Waals surface area contributed by atoms with Crippen molar-refractivity contribution in [2.75, 3.05) is 0 Å². The predicted octanol–water partition coefficient (Wildman–Crippen LogP) is 3.34. The fourth-order valence-corrected chi connectivity index (χ4v) is 5.08. The molecule has 1 aliphatic rings. The number of benzene rings is 1. The highest BCUT2D eigenvalue weighted by Gasteiger charge is 2.39. The Labute approximate surface area is 190 Å². The zero-order valence-corrected chi connectivity index (χ0v) is 19.0. The van der Waals surface area contributed by atoms with Gasteiger partial charge in [-0.05, 0) is 64.3 Å². The second-order valence-corrected chi connectivity index (χ2v) is 9.92. The largest absolute Gasteiger partial charge is 0.507 e. The summed E-state index contributed by atoms with van der Waals surface area (Å²) >= 11 is 0. The van der Waals surface area contributed by atoms with E-state index < -0.39 is 0 Å². The summed E-state index contributed by atoms with van der Waals surface area (Å²) in [6.45, 7) is 8.78. The molecule has 1 saturated heterocycles. The molecule has 1 aromatic carbocycles. The van der Waals surface area contributed by atoms with Gasteiger partial charge in [0.2, 0.25) is 5.65 Å². The van der Waals surface area contributed by atoms with Gasteiger partial charge in [-0.15, -0.1) is 15.3 Å². The van der Waals surface area contributed by atoms with Gasteiger partial charge in [0.1, 0.15) is 17.3 Å². The first-order valence-corrected chi connectivity index (χ1v) is 10.8. The van der Waals surface area contributed by atoms with Crippen LogP contribution in [0.1, 0.15) is 52.3 Å². The van der Waals surface area contributed by atoms with Crippen molar-refractivity contribution in [1.82, 2.24) is 40.7 Å². The minimum atomic E-state index is -0.0357. The van der Waals surface area contributed by atoms with Crippen LogP contribution in [0.15, 0.2) is 30.5 Å². The monoisotopic (exact) mass is 443 g/mol. The maximum Gasteiger partial charge on any atom is 0.201 e. The number of hydrogen-bond donors (Lipinski definition) is 3. The summed E-state index contributed by atoms with van der Waals surface area (Å²) in [6, 6.07) is 9.11. The number of H-pyrrole nitrogens is 1. The van der Waals surface area contributed by atoms with Crippen LogP contribution in [0.2, 0.25) is 0 Å². The third-order valence-electron chi connectivity index (χ3n) is 6.07. The van der Waals surface area contributed by atoms with Crippen molar-refractivity contribution in [3.63, 3.8) is 0 Å². The summed E-state index contributed by atoms with van der Waals surface area (Å²) < 4.78 is 1.88. The number of phenolic OH excluding ortho intramolecular Hbond substituents is 1. The Morgan fingerprint density at radius 3 is 2.52 bits per heavy atom. The Bertz CT molecular complexity index is 1380. The summed E-state index contributed by atoms with van der Waals surface area (Å²) in [5.74, 6) is 0.0282. The molecular weight excluding hydrogens is 418 g/mol. The van der Waals surface area contributed by atoms with Gasteiger partial charge in [-0.1, -0.05) is 11.3 Å². The summed E-state index contributed by atoms with van der Waals surface area (Å²) in [4.78, 5) is 0. The van der Waals surface area contributed by atoms with E-state index >= 15 is 0 Å². The van der Waals surface area contributed by atoms with Gasteiger partial charge in [0.05, 0.1) is 11.7 Å². The van der Waals surface area contributed by atoms with E-state index in [2.05, 4.69) is 63.7 Å². The van der Waals surface area contributed by atoms with Crippen LogP contribution in [-0.2, 0) is 0 Å². The van der Waals surface area contributed by atoms with Crippen molar-refractivity contribution in [3.8, 4) is 34.2 Å². The van der Waals surface area contributed by atoms with Gasteiger partial charge in [-0.25, -0.2) is 4.68 Å². The first-order chi connectivity index (χ1) is 15.7. The van der Waals surface area contributed by atoms with Crippen LogP contribution in [0.3, 0.4) is 0 Å². The van der Waals surface area contributed by atoms with Crippen LogP contribution in [0.25, 0.3) is 33.5 Å². The lowest BCUT2D eigenvalue weighted by atomic mass is 9.80. The van der Waals surface area contributed by atoms with E-state index in [-0.39, 0.29) is 28.6 Å². The molecule has 0 saturated carbocycles. The molecule has 0 bridgehead atoms. The van der Waals surface area contributed by atoms with Crippen LogP contribution in [0.4, 0.5) is 0 Å². The molecule has 3 N–H and O–H groups in total. The van der Waals surface area contributed by atoms with E-state index in [1.54, 1.807) is 24.4 Å². The molecule has 0 aliphatic carbocycles. The normalized spacial score (nSPS) is 17.8. The Balaban J connectivity index is 1.49. The molecule has 0 amide bonds. The Kier molecular flexibility index (Phi) is 4.68. The fraction of sp³-hybridized carbons (Fsp3) is 0.391. The van der Waals surface area contributed by atoms with Gasteiger partial charge in [0.15, 0.2) is 5.69 Å². The SMILES string of the molecule is CC1(C)CC(n2nnc3cc(-c4ccc(-c5c[nH]nc5C#N)cc4O)nnc32)CC(C)(C)N1. The molecule has 0 spiro atoms. The summed E-state index contributed by atoms with van der Waals surface area (Å²) in [6.07, 6.45) is 3.43. The number of piperidine rings is 1. The first kappa shape index (κ1) is 21.0. The van der Waals surface area contributed by atoms with Gasteiger partial charge < -0.3 is 10.4 Å². The molecule has 168 valence electrons. The molecule has 33 heavy (non-hydrogen) atoms. The van der Waals surface area contributed by atoms with E-state index in [1.165, 1.54) is 0 Å². The lowest BCUT2D eigenvalue weighted by molar-refractivity contribution is 0.127. The lowest BCUT2D eigenvalue weighted by Gasteiger charge is -2.46. The standard InChI is InChI=1S/C23H25N9O/c1-22(2)9-14(10-23(3,4)30-22)32-21-18(28-31-32)8-17(27-29-21)15-6-5-13(7-20(15)33)16-12-25-26-19(16)11-24/h5-8,12,14,30,33H,9-10H2,1-4H3,(H,25,26). The number of nitrogens with zero attached hydrogens (tertiary/aromatic N) is 7. The average Bonchev–Trinajstić information content (AvgIpc) is 3.37. The molecule has 0 unspecified atom stereocenters. The van der Waals surface area contributed by atoms with Crippen LogP contribution in [-0.4, -0.2) is 51.6 Å². The average molecular weight is 444 g/mol. The van der Waals surface area contributed by atoms with Crippen molar-refractivity contribution in [2.45, 2.75) is 57.7 Å². The second-order valence-electron chi connectivity index (χ2n) is 9.92. The van der Waals surface area contributed by atoms with E-state index in [0.29, 0.717) is 33.5 Å². The van der Waals surface area contributed by atoms with Gasteiger partial charge in [0, 0.05) is 28.4 Å². The number of nitriles is 1. The topological polar surface area (TPSA) is 141 Å². The second kappa shape index (κ2) is 7.35. The molecule has 3 aromatic heterocycles. The Morgan fingerprint density at radius 2 is 1.82 bits per heavy atom. The van der Waals surface area contributed by atoms with Gasteiger partial charge >= 0.3 is 0 Å². The minimum absolute atomic E-state index is 0.0282. The van der Waals surface area contributed by atoms with Crippen molar-refractivity contribution in [1.29, 1.82) is 5.26 Å². The summed E-state index contributed by atoms with van der Waals surface area (Å²) in [5.41, 5.74) is 3.77. The van der Waals surface area contributed by atoms with Gasteiger partial charge in [0.25, 0.3) is 0 Å². The fourth-order valence-electron chi connectivity index (χ4n) is 5.08. The van der Waals surface area contributed by atoms with E-state index in [4.69, 9.17) is 0 Å². The molecule has 4 aromatic rings. The van der Waals surface area contributed by atoms with Crippen molar-refractivity contribution in [3.05, 3.63) is 36.2 Å². The van der Waals surface area contributed by atoms with Crippen molar-refractivity contribution < 1.29 is 5.11 Å².